The number of benzene rings is 2. The number of hydrogen-bond donors (Lipinski definition) is 0. The van der Waals surface area contributed by atoms with E-state index in [0.29, 0.717) is 25.5 Å². The van der Waals surface area contributed by atoms with E-state index < -0.39 is 0 Å². The highest BCUT2D eigenvalue weighted by atomic mass is 16.5. The van der Waals surface area contributed by atoms with Crippen LogP contribution in [0.4, 0.5) is 5.69 Å². The molecule has 0 saturated carbocycles. The Balaban J connectivity index is 1.38. The van der Waals surface area contributed by atoms with Crippen molar-refractivity contribution in [1.82, 2.24) is 4.90 Å². The fourth-order valence-electron chi connectivity index (χ4n) is 3.50. The molecule has 0 unspecified atom stereocenters. The fraction of sp³-hybridized carbons (Fsp3) is 0.261. The molecule has 2 aromatic carbocycles. The van der Waals surface area contributed by atoms with E-state index in [2.05, 4.69) is 4.90 Å². The molecule has 29 heavy (non-hydrogen) atoms. The van der Waals surface area contributed by atoms with Gasteiger partial charge in [0.15, 0.2) is 5.76 Å². The van der Waals surface area contributed by atoms with Gasteiger partial charge < -0.3 is 23.7 Å². The molecule has 4 rings (SSSR count). The standard InChI is InChI=1S/C23H24N2O4/c1-27-21-10-6-5-9-20(21)24-12-14-25(15-13-24)23(26)22-18(11-16-28-22)17-29-19-7-3-2-4-8-19/h2-11,16H,12-15,17H2,1H3. The number of para-hydroxylation sites is 3. The first-order chi connectivity index (χ1) is 14.3. The Hall–Kier alpha value is -3.41. The lowest BCUT2D eigenvalue weighted by Gasteiger charge is -2.36. The highest BCUT2D eigenvalue weighted by molar-refractivity contribution is 5.93. The maximum atomic E-state index is 13.0. The molecule has 150 valence electrons. The van der Waals surface area contributed by atoms with Crippen LogP contribution in [0.1, 0.15) is 16.1 Å². The predicted molar refractivity (Wildman–Crippen MR) is 111 cm³/mol. The summed E-state index contributed by atoms with van der Waals surface area (Å²) >= 11 is 0. The summed E-state index contributed by atoms with van der Waals surface area (Å²) in [6, 6.07) is 19.3. The average molecular weight is 392 g/mol. The van der Waals surface area contributed by atoms with E-state index in [1.807, 2.05) is 59.5 Å². The molecule has 1 aromatic heterocycles. The molecule has 0 atom stereocenters. The molecule has 0 aliphatic carbocycles. The van der Waals surface area contributed by atoms with Crippen LogP contribution in [0.25, 0.3) is 0 Å². The second kappa shape index (κ2) is 8.73. The molecule has 1 aliphatic rings. The van der Waals surface area contributed by atoms with Crippen molar-refractivity contribution in [2.75, 3.05) is 38.2 Å². The Kier molecular flexibility index (Phi) is 5.70. The maximum absolute atomic E-state index is 13.0. The molecule has 1 fully saturated rings. The summed E-state index contributed by atoms with van der Waals surface area (Å²) in [6.07, 6.45) is 1.54. The van der Waals surface area contributed by atoms with E-state index in [4.69, 9.17) is 13.9 Å². The van der Waals surface area contributed by atoms with Gasteiger partial charge in [-0.15, -0.1) is 0 Å². The second-order valence-electron chi connectivity index (χ2n) is 6.83. The first-order valence-electron chi connectivity index (χ1n) is 9.67. The third kappa shape index (κ3) is 4.21. The molecule has 1 amide bonds. The van der Waals surface area contributed by atoms with Crippen molar-refractivity contribution >= 4 is 11.6 Å². The first kappa shape index (κ1) is 18.9. The molecular formula is C23H24N2O4. The topological polar surface area (TPSA) is 55.2 Å². The lowest BCUT2D eigenvalue weighted by molar-refractivity contribution is 0.0711. The van der Waals surface area contributed by atoms with Crippen molar-refractivity contribution in [1.29, 1.82) is 0 Å². The molecular weight excluding hydrogens is 368 g/mol. The number of hydrogen-bond acceptors (Lipinski definition) is 5. The Bertz CT molecular complexity index is 946. The smallest absolute Gasteiger partial charge is 0.290 e. The summed E-state index contributed by atoms with van der Waals surface area (Å²) in [5, 5.41) is 0. The molecule has 1 saturated heterocycles. The SMILES string of the molecule is COc1ccccc1N1CCN(C(=O)c2occc2COc2ccccc2)CC1. The second-order valence-corrected chi connectivity index (χ2v) is 6.83. The van der Waals surface area contributed by atoms with Crippen LogP contribution in [-0.2, 0) is 6.61 Å². The highest BCUT2D eigenvalue weighted by Gasteiger charge is 2.27. The Morgan fingerprint density at radius 2 is 1.69 bits per heavy atom. The van der Waals surface area contributed by atoms with Crippen LogP contribution in [-0.4, -0.2) is 44.1 Å². The largest absolute Gasteiger partial charge is 0.495 e. The summed E-state index contributed by atoms with van der Waals surface area (Å²) in [5.74, 6) is 1.86. The predicted octanol–water partition coefficient (Wildman–Crippen LogP) is 3.83. The number of amides is 1. The van der Waals surface area contributed by atoms with Crippen molar-refractivity contribution in [3.63, 3.8) is 0 Å². The van der Waals surface area contributed by atoms with Gasteiger partial charge in [-0.05, 0) is 30.3 Å². The van der Waals surface area contributed by atoms with Crippen molar-refractivity contribution in [3.8, 4) is 11.5 Å². The van der Waals surface area contributed by atoms with Gasteiger partial charge in [0.1, 0.15) is 18.1 Å². The first-order valence-corrected chi connectivity index (χ1v) is 9.67. The van der Waals surface area contributed by atoms with Crippen LogP contribution in [0.15, 0.2) is 71.3 Å². The van der Waals surface area contributed by atoms with Crippen LogP contribution in [0.3, 0.4) is 0 Å². The fourth-order valence-corrected chi connectivity index (χ4v) is 3.50. The van der Waals surface area contributed by atoms with Gasteiger partial charge in [0, 0.05) is 31.7 Å². The lowest BCUT2D eigenvalue weighted by atomic mass is 10.2. The molecule has 6 nitrogen and oxygen atoms in total. The molecule has 0 N–H and O–H groups in total. The van der Waals surface area contributed by atoms with E-state index in [0.717, 1.165) is 35.8 Å². The number of rotatable bonds is 6. The number of methoxy groups -OCH3 is 1. The van der Waals surface area contributed by atoms with E-state index in [1.165, 1.54) is 0 Å². The summed E-state index contributed by atoms with van der Waals surface area (Å²) in [4.78, 5) is 17.1. The summed E-state index contributed by atoms with van der Waals surface area (Å²) < 4.78 is 16.7. The van der Waals surface area contributed by atoms with Crippen molar-refractivity contribution in [2.45, 2.75) is 6.61 Å². The number of anilines is 1. The summed E-state index contributed by atoms with van der Waals surface area (Å²) in [5.41, 5.74) is 1.81. The number of furan rings is 1. The van der Waals surface area contributed by atoms with Gasteiger partial charge in [0.25, 0.3) is 5.91 Å². The van der Waals surface area contributed by atoms with Gasteiger partial charge >= 0.3 is 0 Å². The normalized spacial score (nSPS) is 14.0. The number of piperazine rings is 1. The number of carbonyl (C=O) groups excluding carboxylic acids is 1. The van der Waals surface area contributed by atoms with Crippen LogP contribution in [0.2, 0.25) is 0 Å². The Morgan fingerprint density at radius 1 is 0.966 bits per heavy atom. The quantitative estimate of drug-likeness (QED) is 0.638. The molecule has 0 bridgehead atoms. The third-order valence-electron chi connectivity index (χ3n) is 5.07. The zero-order valence-corrected chi connectivity index (χ0v) is 16.4. The van der Waals surface area contributed by atoms with E-state index in [-0.39, 0.29) is 5.91 Å². The van der Waals surface area contributed by atoms with Crippen molar-refractivity contribution in [2.24, 2.45) is 0 Å². The minimum absolute atomic E-state index is 0.0960. The minimum atomic E-state index is -0.0960. The Morgan fingerprint density at radius 3 is 2.45 bits per heavy atom. The van der Waals surface area contributed by atoms with Gasteiger partial charge in [-0.2, -0.15) is 0 Å². The number of carbonyl (C=O) groups is 1. The third-order valence-corrected chi connectivity index (χ3v) is 5.07. The zero-order chi connectivity index (χ0) is 20.1. The Labute approximate surface area is 170 Å². The van der Waals surface area contributed by atoms with Crippen LogP contribution in [0, 0.1) is 0 Å². The summed E-state index contributed by atoms with van der Waals surface area (Å²) in [6.45, 7) is 3.02. The molecule has 2 heterocycles. The van der Waals surface area contributed by atoms with Gasteiger partial charge in [-0.3, -0.25) is 4.79 Å². The van der Waals surface area contributed by atoms with Gasteiger partial charge in [-0.25, -0.2) is 0 Å². The monoisotopic (exact) mass is 392 g/mol. The van der Waals surface area contributed by atoms with E-state index >= 15 is 0 Å². The molecule has 0 radical (unpaired) electrons. The van der Waals surface area contributed by atoms with Gasteiger partial charge in [0.05, 0.1) is 19.1 Å². The van der Waals surface area contributed by atoms with E-state index in [1.54, 1.807) is 19.4 Å². The van der Waals surface area contributed by atoms with Gasteiger partial charge in [0.2, 0.25) is 0 Å². The highest BCUT2D eigenvalue weighted by Crippen LogP contribution is 2.28. The average Bonchev–Trinajstić information content (AvgIpc) is 3.26. The number of nitrogens with zero attached hydrogens (tertiary/aromatic N) is 2. The van der Waals surface area contributed by atoms with Crippen molar-refractivity contribution in [3.05, 3.63) is 78.3 Å². The number of ether oxygens (including phenoxy) is 2. The van der Waals surface area contributed by atoms with Gasteiger partial charge in [-0.1, -0.05) is 30.3 Å². The van der Waals surface area contributed by atoms with Crippen LogP contribution >= 0.6 is 0 Å². The summed E-state index contributed by atoms with van der Waals surface area (Å²) in [7, 11) is 1.68. The maximum Gasteiger partial charge on any atom is 0.290 e. The minimum Gasteiger partial charge on any atom is -0.495 e. The lowest BCUT2D eigenvalue weighted by Crippen LogP contribution is -2.49. The molecule has 1 aliphatic heterocycles. The van der Waals surface area contributed by atoms with E-state index in [9.17, 15) is 4.79 Å². The molecule has 6 heteroatoms. The van der Waals surface area contributed by atoms with Crippen molar-refractivity contribution < 1.29 is 18.7 Å². The molecule has 3 aromatic rings. The molecule has 0 spiro atoms. The van der Waals surface area contributed by atoms with Crippen LogP contribution < -0.4 is 14.4 Å². The zero-order valence-electron chi connectivity index (χ0n) is 16.4. The van der Waals surface area contributed by atoms with Crippen LogP contribution in [0.5, 0.6) is 11.5 Å².